The van der Waals surface area contributed by atoms with E-state index >= 15 is 0 Å². The van der Waals surface area contributed by atoms with Crippen LogP contribution in [0.4, 0.5) is 0 Å². The average molecular weight is 287 g/mol. The molecule has 5 nitrogen and oxygen atoms in total. The molecule has 112 valence electrons. The standard InChI is InChI=1S/C16H21N3O2/c1-3-11-21-13-7-5-12(6-8-13)16(17)14-9-10-15(20)19(4-2)18-14/h5-10,16H,3-4,11,17H2,1-2H3. The molecule has 0 amide bonds. The van der Waals surface area contributed by atoms with Gasteiger partial charge in [-0.2, -0.15) is 5.10 Å². The zero-order chi connectivity index (χ0) is 15.2. The Morgan fingerprint density at radius 2 is 1.90 bits per heavy atom. The van der Waals surface area contributed by atoms with E-state index in [1.54, 1.807) is 6.07 Å². The molecule has 0 saturated heterocycles. The van der Waals surface area contributed by atoms with Crippen LogP contribution < -0.4 is 16.0 Å². The Bertz CT molecular complexity index is 635. The van der Waals surface area contributed by atoms with Gasteiger partial charge in [0, 0.05) is 12.6 Å². The van der Waals surface area contributed by atoms with E-state index in [9.17, 15) is 4.79 Å². The van der Waals surface area contributed by atoms with Gasteiger partial charge in [-0.05, 0) is 37.1 Å². The minimum atomic E-state index is -0.358. The first-order chi connectivity index (χ1) is 10.2. The maximum Gasteiger partial charge on any atom is 0.266 e. The summed E-state index contributed by atoms with van der Waals surface area (Å²) in [5.41, 5.74) is 7.72. The van der Waals surface area contributed by atoms with E-state index in [-0.39, 0.29) is 11.6 Å². The normalized spacial score (nSPS) is 12.1. The smallest absolute Gasteiger partial charge is 0.266 e. The molecule has 2 N–H and O–H groups in total. The predicted molar refractivity (Wildman–Crippen MR) is 82.4 cm³/mol. The van der Waals surface area contributed by atoms with Crippen molar-refractivity contribution in [2.45, 2.75) is 32.9 Å². The molecule has 0 aliphatic heterocycles. The zero-order valence-corrected chi connectivity index (χ0v) is 12.5. The van der Waals surface area contributed by atoms with Crippen LogP contribution in [0.2, 0.25) is 0 Å². The van der Waals surface area contributed by atoms with Crippen molar-refractivity contribution in [3.63, 3.8) is 0 Å². The van der Waals surface area contributed by atoms with Crippen LogP contribution in [-0.4, -0.2) is 16.4 Å². The Kier molecular flexibility index (Phi) is 5.11. The minimum absolute atomic E-state index is 0.114. The Labute approximate surface area is 124 Å². The summed E-state index contributed by atoms with van der Waals surface area (Å²) >= 11 is 0. The van der Waals surface area contributed by atoms with Gasteiger partial charge in [0.1, 0.15) is 5.75 Å². The number of ether oxygens (including phenoxy) is 1. The number of rotatable bonds is 6. The molecule has 0 aliphatic carbocycles. The van der Waals surface area contributed by atoms with Gasteiger partial charge in [-0.15, -0.1) is 0 Å². The molecule has 0 bridgehead atoms. The van der Waals surface area contributed by atoms with Gasteiger partial charge in [-0.1, -0.05) is 19.1 Å². The van der Waals surface area contributed by atoms with E-state index in [2.05, 4.69) is 12.0 Å². The van der Waals surface area contributed by atoms with Crippen molar-refractivity contribution in [3.05, 3.63) is 58.0 Å². The second-order valence-electron chi connectivity index (χ2n) is 4.81. The summed E-state index contributed by atoms with van der Waals surface area (Å²) in [4.78, 5) is 11.5. The molecular weight excluding hydrogens is 266 g/mol. The Morgan fingerprint density at radius 3 is 2.52 bits per heavy atom. The first kappa shape index (κ1) is 15.3. The van der Waals surface area contributed by atoms with Crippen LogP contribution >= 0.6 is 0 Å². The lowest BCUT2D eigenvalue weighted by Gasteiger charge is -2.13. The zero-order valence-electron chi connectivity index (χ0n) is 12.5. The molecule has 1 aromatic carbocycles. The topological polar surface area (TPSA) is 70.1 Å². The largest absolute Gasteiger partial charge is 0.494 e. The summed E-state index contributed by atoms with van der Waals surface area (Å²) in [5.74, 6) is 0.833. The van der Waals surface area contributed by atoms with E-state index in [1.807, 2.05) is 31.2 Å². The third kappa shape index (κ3) is 3.70. The Hall–Kier alpha value is -2.14. The first-order valence-electron chi connectivity index (χ1n) is 7.22. The maximum atomic E-state index is 11.5. The number of hydrogen-bond donors (Lipinski definition) is 1. The average Bonchev–Trinajstić information content (AvgIpc) is 2.53. The van der Waals surface area contributed by atoms with E-state index in [0.717, 1.165) is 17.7 Å². The molecular formula is C16H21N3O2. The summed E-state index contributed by atoms with van der Waals surface area (Å²) in [6, 6.07) is 10.5. The molecule has 2 rings (SSSR count). The quantitative estimate of drug-likeness (QED) is 0.883. The monoisotopic (exact) mass is 287 g/mol. The molecule has 21 heavy (non-hydrogen) atoms. The number of aryl methyl sites for hydroxylation is 1. The van der Waals surface area contributed by atoms with Gasteiger partial charge in [0.2, 0.25) is 0 Å². The van der Waals surface area contributed by atoms with Crippen molar-refractivity contribution in [1.82, 2.24) is 9.78 Å². The van der Waals surface area contributed by atoms with Crippen LogP contribution in [0.25, 0.3) is 0 Å². The Morgan fingerprint density at radius 1 is 1.19 bits per heavy atom. The number of hydrogen-bond acceptors (Lipinski definition) is 4. The first-order valence-corrected chi connectivity index (χ1v) is 7.22. The molecule has 2 aromatic rings. The molecule has 0 aliphatic rings. The summed E-state index contributed by atoms with van der Waals surface area (Å²) in [6.07, 6.45) is 0.976. The van der Waals surface area contributed by atoms with Gasteiger partial charge >= 0.3 is 0 Å². The van der Waals surface area contributed by atoms with E-state index < -0.39 is 0 Å². The van der Waals surface area contributed by atoms with Crippen molar-refractivity contribution in [2.24, 2.45) is 5.73 Å². The SMILES string of the molecule is CCCOc1ccc(C(N)c2ccc(=O)n(CC)n2)cc1. The van der Waals surface area contributed by atoms with E-state index in [1.165, 1.54) is 10.7 Å². The molecule has 1 heterocycles. The highest BCUT2D eigenvalue weighted by molar-refractivity contribution is 5.32. The number of nitrogens with zero attached hydrogens (tertiary/aromatic N) is 2. The van der Waals surface area contributed by atoms with Gasteiger partial charge < -0.3 is 10.5 Å². The second-order valence-corrected chi connectivity index (χ2v) is 4.81. The van der Waals surface area contributed by atoms with Gasteiger partial charge in [-0.25, -0.2) is 4.68 Å². The predicted octanol–water partition coefficient (Wildman–Crippen LogP) is 2.10. The molecule has 5 heteroatoms. The third-order valence-electron chi connectivity index (χ3n) is 3.22. The molecule has 0 radical (unpaired) electrons. The lowest BCUT2D eigenvalue weighted by atomic mass is 10.0. The summed E-state index contributed by atoms with van der Waals surface area (Å²) in [5, 5.41) is 4.29. The van der Waals surface area contributed by atoms with Gasteiger partial charge in [0.05, 0.1) is 18.3 Å². The maximum absolute atomic E-state index is 11.5. The van der Waals surface area contributed by atoms with Crippen LogP contribution in [0.15, 0.2) is 41.2 Å². The van der Waals surface area contributed by atoms with Crippen LogP contribution in [0.1, 0.15) is 37.6 Å². The van der Waals surface area contributed by atoms with Gasteiger partial charge in [0.15, 0.2) is 0 Å². The molecule has 1 aromatic heterocycles. The van der Waals surface area contributed by atoms with Crippen LogP contribution in [0, 0.1) is 0 Å². The van der Waals surface area contributed by atoms with Crippen LogP contribution in [0.5, 0.6) is 5.75 Å². The minimum Gasteiger partial charge on any atom is -0.494 e. The molecule has 0 spiro atoms. The fourth-order valence-electron chi connectivity index (χ4n) is 2.02. The van der Waals surface area contributed by atoms with Crippen molar-refractivity contribution in [1.29, 1.82) is 0 Å². The van der Waals surface area contributed by atoms with Crippen molar-refractivity contribution in [2.75, 3.05) is 6.61 Å². The lowest BCUT2D eigenvalue weighted by molar-refractivity contribution is 0.317. The van der Waals surface area contributed by atoms with Crippen molar-refractivity contribution < 1.29 is 4.74 Å². The fourth-order valence-corrected chi connectivity index (χ4v) is 2.02. The third-order valence-corrected chi connectivity index (χ3v) is 3.22. The highest BCUT2D eigenvalue weighted by Gasteiger charge is 2.12. The van der Waals surface area contributed by atoms with Crippen molar-refractivity contribution >= 4 is 0 Å². The van der Waals surface area contributed by atoms with Gasteiger partial charge in [0.25, 0.3) is 5.56 Å². The fraction of sp³-hybridized carbons (Fsp3) is 0.375. The molecule has 1 unspecified atom stereocenters. The van der Waals surface area contributed by atoms with Gasteiger partial charge in [-0.3, -0.25) is 4.79 Å². The van der Waals surface area contributed by atoms with Crippen molar-refractivity contribution in [3.8, 4) is 5.75 Å². The number of aromatic nitrogens is 2. The number of benzene rings is 1. The van der Waals surface area contributed by atoms with Crippen LogP contribution in [-0.2, 0) is 6.54 Å². The highest BCUT2D eigenvalue weighted by atomic mass is 16.5. The highest BCUT2D eigenvalue weighted by Crippen LogP contribution is 2.20. The summed E-state index contributed by atoms with van der Waals surface area (Å²) in [6.45, 7) is 5.18. The lowest BCUT2D eigenvalue weighted by Crippen LogP contribution is -2.25. The second kappa shape index (κ2) is 7.04. The Balaban J connectivity index is 2.19. The van der Waals surface area contributed by atoms with E-state index in [4.69, 9.17) is 10.5 Å². The van der Waals surface area contributed by atoms with Crippen LogP contribution in [0.3, 0.4) is 0 Å². The molecule has 0 saturated carbocycles. The summed E-state index contributed by atoms with van der Waals surface area (Å²) in [7, 11) is 0. The molecule has 1 atom stereocenters. The summed E-state index contributed by atoms with van der Waals surface area (Å²) < 4.78 is 6.96. The number of nitrogens with two attached hydrogens (primary N) is 1. The van der Waals surface area contributed by atoms with E-state index in [0.29, 0.717) is 18.8 Å². The molecule has 0 fully saturated rings.